The Labute approximate surface area is 158 Å². The first-order valence-corrected chi connectivity index (χ1v) is 9.05. The van der Waals surface area contributed by atoms with Crippen molar-refractivity contribution in [1.29, 1.82) is 0 Å². The zero-order valence-corrected chi connectivity index (χ0v) is 14.8. The zero-order valence-electron chi connectivity index (χ0n) is 14.0. The molecule has 0 spiro atoms. The van der Waals surface area contributed by atoms with E-state index in [0.717, 1.165) is 5.56 Å². The van der Waals surface area contributed by atoms with Gasteiger partial charge in [0.25, 0.3) is 0 Å². The molecule has 3 aromatic rings. The van der Waals surface area contributed by atoms with Gasteiger partial charge in [0.1, 0.15) is 5.82 Å². The Balaban J connectivity index is 1.40. The molecule has 3 rings (SSSR count). The van der Waals surface area contributed by atoms with Gasteiger partial charge in [0, 0.05) is 16.9 Å². The maximum Gasteiger partial charge on any atom is 0.247 e. The molecule has 0 aliphatic carbocycles. The van der Waals surface area contributed by atoms with Crippen molar-refractivity contribution in [2.45, 2.75) is 0 Å². The van der Waals surface area contributed by atoms with Crippen molar-refractivity contribution in [3.63, 3.8) is 0 Å². The molecule has 0 saturated heterocycles. The second-order valence-electron chi connectivity index (χ2n) is 5.42. The number of rotatable bonds is 7. The molecule has 2 N–H and O–H groups in total. The number of anilines is 2. The summed E-state index contributed by atoms with van der Waals surface area (Å²) in [5.74, 6) is -0.216. The van der Waals surface area contributed by atoms with E-state index in [1.54, 1.807) is 24.3 Å². The van der Waals surface area contributed by atoms with Crippen molar-refractivity contribution in [3.8, 4) is 11.5 Å². The number of nitrogens with zero attached hydrogens (tertiary/aromatic N) is 2. The Bertz CT molecular complexity index is 899. The van der Waals surface area contributed by atoms with E-state index in [-0.39, 0.29) is 29.1 Å². The first-order chi connectivity index (χ1) is 13.1. The van der Waals surface area contributed by atoms with Gasteiger partial charge in [0.05, 0.1) is 11.5 Å². The van der Waals surface area contributed by atoms with Gasteiger partial charge < -0.3 is 15.1 Å². The van der Waals surface area contributed by atoms with Gasteiger partial charge in [0.2, 0.25) is 24.1 Å². The van der Waals surface area contributed by atoms with Crippen LogP contribution in [-0.2, 0) is 9.59 Å². The Morgan fingerprint density at radius 1 is 0.926 bits per heavy atom. The molecule has 0 atom stereocenters. The van der Waals surface area contributed by atoms with Crippen LogP contribution >= 0.6 is 11.8 Å². The fourth-order valence-corrected chi connectivity index (χ4v) is 2.78. The maximum atomic E-state index is 12.8. The molecule has 1 heterocycles. The average Bonchev–Trinajstić information content (AvgIpc) is 3.19. The number of carbonyl (C=O) groups excluding carboxylic acids is 2. The van der Waals surface area contributed by atoms with Gasteiger partial charge in [0.15, 0.2) is 0 Å². The fourth-order valence-electron chi connectivity index (χ4n) is 2.16. The van der Waals surface area contributed by atoms with Gasteiger partial charge >= 0.3 is 0 Å². The number of amides is 2. The number of nitrogens with one attached hydrogen (secondary N) is 2. The molecular formula is C18H15FN4O3S. The summed E-state index contributed by atoms with van der Waals surface area (Å²) in [7, 11) is 0. The van der Waals surface area contributed by atoms with Crippen molar-refractivity contribution in [2.24, 2.45) is 0 Å². The van der Waals surface area contributed by atoms with Crippen LogP contribution < -0.4 is 10.6 Å². The molecule has 0 bridgehead atoms. The van der Waals surface area contributed by atoms with Crippen molar-refractivity contribution >= 4 is 35.0 Å². The van der Waals surface area contributed by atoms with Gasteiger partial charge in [-0.3, -0.25) is 9.59 Å². The van der Waals surface area contributed by atoms with Crippen LogP contribution in [0.1, 0.15) is 0 Å². The second kappa shape index (κ2) is 8.95. The molecule has 2 amide bonds. The second-order valence-corrected chi connectivity index (χ2v) is 6.40. The molecule has 27 heavy (non-hydrogen) atoms. The van der Waals surface area contributed by atoms with Crippen LogP contribution in [0, 0.1) is 5.82 Å². The average molecular weight is 386 g/mol. The van der Waals surface area contributed by atoms with Gasteiger partial charge in [-0.25, -0.2) is 4.39 Å². The Morgan fingerprint density at radius 3 is 2.00 bits per heavy atom. The van der Waals surface area contributed by atoms with E-state index in [9.17, 15) is 14.0 Å². The summed E-state index contributed by atoms with van der Waals surface area (Å²) in [6.45, 7) is 0. The lowest BCUT2D eigenvalue weighted by Crippen LogP contribution is -2.18. The molecule has 0 aliphatic rings. The van der Waals surface area contributed by atoms with Gasteiger partial charge in [-0.05, 0) is 48.5 Å². The molecule has 0 radical (unpaired) electrons. The predicted octanol–water partition coefficient (Wildman–Crippen LogP) is 3.19. The molecule has 0 unspecified atom stereocenters. The van der Waals surface area contributed by atoms with Crippen LogP contribution in [0.3, 0.4) is 0 Å². The van der Waals surface area contributed by atoms with Crippen molar-refractivity contribution in [2.75, 3.05) is 22.1 Å². The van der Waals surface area contributed by atoms with Crippen LogP contribution in [0.5, 0.6) is 0 Å². The van der Waals surface area contributed by atoms with Crippen LogP contribution in [0.4, 0.5) is 15.8 Å². The Kier molecular flexibility index (Phi) is 6.16. The van der Waals surface area contributed by atoms with E-state index in [2.05, 4.69) is 20.8 Å². The van der Waals surface area contributed by atoms with E-state index >= 15 is 0 Å². The minimum atomic E-state index is -0.371. The predicted molar refractivity (Wildman–Crippen MR) is 101 cm³/mol. The molecule has 0 saturated carbocycles. The largest absolute Gasteiger partial charge is 0.423 e. The van der Waals surface area contributed by atoms with Gasteiger partial charge in [-0.15, -0.1) is 22.0 Å². The summed E-state index contributed by atoms with van der Waals surface area (Å²) >= 11 is 1.18. The van der Waals surface area contributed by atoms with Crippen molar-refractivity contribution in [3.05, 3.63) is 60.7 Å². The van der Waals surface area contributed by atoms with E-state index < -0.39 is 0 Å². The summed E-state index contributed by atoms with van der Waals surface area (Å²) in [5, 5.41) is 12.8. The SMILES string of the molecule is O=C(CSCC(=O)Nc1ccc(-c2nnco2)cc1)Nc1ccc(F)cc1. The molecule has 2 aromatic carbocycles. The quantitative estimate of drug-likeness (QED) is 0.647. The molecule has 138 valence electrons. The van der Waals surface area contributed by atoms with Crippen LogP contribution in [0.2, 0.25) is 0 Å². The normalized spacial score (nSPS) is 10.4. The summed E-state index contributed by atoms with van der Waals surface area (Å²) in [4.78, 5) is 23.8. The standard InChI is InChI=1S/C18H15FN4O3S/c19-13-3-7-15(8-4-13)22-17(25)10-27-9-16(24)21-14-5-1-12(2-6-14)18-23-20-11-26-18/h1-8,11H,9-10H2,(H,21,24)(H,22,25). The first-order valence-electron chi connectivity index (χ1n) is 7.90. The van der Waals surface area contributed by atoms with E-state index in [4.69, 9.17) is 4.42 Å². The molecule has 1 aromatic heterocycles. The summed E-state index contributed by atoms with van der Waals surface area (Å²) in [6.07, 6.45) is 1.24. The highest BCUT2D eigenvalue weighted by molar-refractivity contribution is 8.00. The minimum Gasteiger partial charge on any atom is -0.423 e. The smallest absolute Gasteiger partial charge is 0.247 e. The lowest BCUT2D eigenvalue weighted by molar-refractivity contribution is -0.114. The Hall–Kier alpha value is -3.20. The third-order valence-electron chi connectivity index (χ3n) is 3.37. The van der Waals surface area contributed by atoms with Crippen molar-refractivity contribution < 1.29 is 18.4 Å². The number of hydrogen-bond donors (Lipinski definition) is 2. The zero-order chi connectivity index (χ0) is 19.1. The van der Waals surface area contributed by atoms with Crippen molar-refractivity contribution in [1.82, 2.24) is 10.2 Å². The minimum absolute atomic E-state index is 0.112. The monoisotopic (exact) mass is 386 g/mol. The number of hydrogen-bond acceptors (Lipinski definition) is 6. The molecule has 7 nitrogen and oxygen atoms in total. The van der Waals surface area contributed by atoms with E-state index in [1.165, 1.54) is 42.4 Å². The van der Waals surface area contributed by atoms with Gasteiger partial charge in [-0.2, -0.15) is 0 Å². The number of thioether (sulfide) groups is 1. The lowest BCUT2D eigenvalue weighted by atomic mass is 10.2. The van der Waals surface area contributed by atoms with Crippen LogP contribution in [0.25, 0.3) is 11.5 Å². The van der Waals surface area contributed by atoms with Crippen LogP contribution in [-0.4, -0.2) is 33.5 Å². The number of carbonyl (C=O) groups is 2. The molecular weight excluding hydrogens is 371 g/mol. The third-order valence-corrected chi connectivity index (χ3v) is 4.30. The summed E-state index contributed by atoms with van der Waals surface area (Å²) < 4.78 is 17.9. The number of aromatic nitrogens is 2. The molecule has 9 heteroatoms. The topological polar surface area (TPSA) is 97.1 Å². The lowest BCUT2D eigenvalue weighted by Gasteiger charge is -2.07. The maximum absolute atomic E-state index is 12.8. The Morgan fingerprint density at radius 2 is 1.48 bits per heavy atom. The van der Waals surface area contributed by atoms with Gasteiger partial charge in [-0.1, -0.05) is 0 Å². The summed E-state index contributed by atoms with van der Waals surface area (Å²) in [6, 6.07) is 12.4. The number of benzene rings is 2. The van der Waals surface area contributed by atoms with E-state index in [1.807, 2.05) is 0 Å². The number of halogens is 1. The highest BCUT2D eigenvalue weighted by atomic mass is 32.2. The highest BCUT2D eigenvalue weighted by Gasteiger charge is 2.08. The third kappa shape index (κ3) is 5.65. The fraction of sp³-hybridized carbons (Fsp3) is 0.111. The summed E-state index contributed by atoms with van der Waals surface area (Å²) in [5.41, 5.74) is 1.88. The molecule has 0 aliphatic heterocycles. The first kappa shape index (κ1) is 18.6. The highest BCUT2D eigenvalue weighted by Crippen LogP contribution is 2.19. The molecule has 0 fully saturated rings. The van der Waals surface area contributed by atoms with Crippen LogP contribution in [0.15, 0.2) is 59.3 Å². The van der Waals surface area contributed by atoms with E-state index in [0.29, 0.717) is 17.3 Å².